The first-order valence-corrected chi connectivity index (χ1v) is 7.01. The van der Waals surface area contributed by atoms with Crippen molar-refractivity contribution >= 4 is 11.3 Å². The smallest absolute Gasteiger partial charge is 0.0795 e. The summed E-state index contributed by atoms with van der Waals surface area (Å²) in [6, 6.07) is 0.237. The maximum Gasteiger partial charge on any atom is 0.0795 e. The Kier molecular flexibility index (Phi) is 3.95. The maximum atomic E-state index is 5.69. The van der Waals surface area contributed by atoms with Crippen LogP contribution in [0.25, 0.3) is 0 Å². The first kappa shape index (κ1) is 12.0. The van der Waals surface area contributed by atoms with Gasteiger partial charge in [-0.05, 0) is 30.6 Å². The number of nitrogens with two attached hydrogens (primary N) is 1. The summed E-state index contributed by atoms with van der Waals surface area (Å²) < 4.78 is 0. The molecule has 1 fully saturated rings. The number of rotatable bonds is 3. The van der Waals surface area contributed by atoms with Crippen molar-refractivity contribution in [2.75, 3.05) is 0 Å². The lowest BCUT2D eigenvalue weighted by Gasteiger charge is -2.35. The normalized spacial score (nSPS) is 32.6. The van der Waals surface area contributed by atoms with Crippen molar-refractivity contribution in [3.05, 3.63) is 16.6 Å². The van der Waals surface area contributed by atoms with Gasteiger partial charge in [0.1, 0.15) is 0 Å². The van der Waals surface area contributed by atoms with Crippen molar-refractivity contribution in [3.8, 4) is 0 Å². The standard InChI is InChI=1S/C12H21N3S/c1-8-3-4-10(5-9(8)2)12(15-13)11-6-16-7-14-11/h6-10,12,15H,3-5,13H2,1-2H3. The lowest BCUT2D eigenvalue weighted by Crippen LogP contribution is -2.37. The summed E-state index contributed by atoms with van der Waals surface area (Å²) in [7, 11) is 0. The van der Waals surface area contributed by atoms with Gasteiger partial charge in [-0.1, -0.05) is 20.3 Å². The van der Waals surface area contributed by atoms with Crippen molar-refractivity contribution < 1.29 is 0 Å². The Morgan fingerprint density at radius 3 is 2.81 bits per heavy atom. The van der Waals surface area contributed by atoms with Gasteiger partial charge < -0.3 is 0 Å². The van der Waals surface area contributed by atoms with Gasteiger partial charge >= 0.3 is 0 Å². The van der Waals surface area contributed by atoms with E-state index in [0.717, 1.165) is 17.5 Å². The molecule has 0 bridgehead atoms. The number of thiazole rings is 1. The molecule has 1 saturated carbocycles. The molecule has 2 rings (SSSR count). The predicted molar refractivity (Wildman–Crippen MR) is 67.8 cm³/mol. The number of nitrogens with one attached hydrogen (secondary N) is 1. The monoisotopic (exact) mass is 239 g/mol. The summed E-state index contributed by atoms with van der Waals surface area (Å²) in [5.41, 5.74) is 5.95. The van der Waals surface area contributed by atoms with E-state index in [0.29, 0.717) is 5.92 Å². The van der Waals surface area contributed by atoms with Crippen LogP contribution in [-0.4, -0.2) is 4.98 Å². The molecule has 0 aliphatic heterocycles. The molecule has 4 unspecified atom stereocenters. The Hall–Kier alpha value is -0.450. The molecule has 1 aromatic rings. The summed E-state index contributed by atoms with van der Waals surface area (Å²) in [6.45, 7) is 4.71. The van der Waals surface area contributed by atoms with E-state index in [-0.39, 0.29) is 6.04 Å². The lowest BCUT2D eigenvalue weighted by atomic mass is 9.73. The minimum Gasteiger partial charge on any atom is -0.271 e. The summed E-state index contributed by atoms with van der Waals surface area (Å²) in [6.07, 6.45) is 3.83. The van der Waals surface area contributed by atoms with Gasteiger partial charge in [-0.15, -0.1) is 11.3 Å². The molecule has 4 heteroatoms. The molecule has 0 aromatic carbocycles. The number of nitrogens with zero attached hydrogens (tertiary/aromatic N) is 1. The SMILES string of the molecule is CC1CCC(C(NN)c2cscn2)CC1C. The topological polar surface area (TPSA) is 50.9 Å². The summed E-state index contributed by atoms with van der Waals surface area (Å²) in [5.74, 6) is 7.98. The zero-order valence-electron chi connectivity index (χ0n) is 10.0. The van der Waals surface area contributed by atoms with Crippen LogP contribution in [0.4, 0.5) is 0 Å². The Labute approximate surface area is 101 Å². The van der Waals surface area contributed by atoms with Crippen LogP contribution in [0, 0.1) is 17.8 Å². The first-order valence-electron chi connectivity index (χ1n) is 6.06. The second-order valence-corrected chi connectivity index (χ2v) is 5.80. The predicted octanol–water partition coefficient (Wildman–Crippen LogP) is 2.72. The molecule has 3 N–H and O–H groups in total. The van der Waals surface area contributed by atoms with Crippen LogP contribution in [0.2, 0.25) is 0 Å². The molecule has 0 saturated heterocycles. The van der Waals surface area contributed by atoms with Crippen molar-refractivity contribution in [2.45, 2.75) is 39.2 Å². The van der Waals surface area contributed by atoms with Crippen LogP contribution in [0.1, 0.15) is 44.8 Å². The highest BCUT2D eigenvalue weighted by atomic mass is 32.1. The molecule has 1 aromatic heterocycles. The van der Waals surface area contributed by atoms with Crippen molar-refractivity contribution in [1.82, 2.24) is 10.4 Å². The zero-order chi connectivity index (χ0) is 11.5. The minimum atomic E-state index is 0.237. The Bertz CT molecular complexity index is 312. The molecule has 0 radical (unpaired) electrons. The Morgan fingerprint density at radius 1 is 1.44 bits per heavy atom. The Balaban J connectivity index is 2.05. The molecule has 4 atom stereocenters. The fourth-order valence-corrected chi connectivity index (χ4v) is 3.32. The molecule has 3 nitrogen and oxygen atoms in total. The summed E-state index contributed by atoms with van der Waals surface area (Å²) >= 11 is 1.64. The van der Waals surface area contributed by atoms with Crippen LogP contribution in [0.5, 0.6) is 0 Å². The van der Waals surface area contributed by atoms with Gasteiger partial charge in [0, 0.05) is 5.38 Å². The number of hydrogen-bond acceptors (Lipinski definition) is 4. The second-order valence-electron chi connectivity index (χ2n) is 5.09. The minimum absolute atomic E-state index is 0.237. The molecule has 16 heavy (non-hydrogen) atoms. The number of aromatic nitrogens is 1. The van der Waals surface area contributed by atoms with Gasteiger partial charge in [-0.25, -0.2) is 4.98 Å². The highest BCUT2D eigenvalue weighted by Gasteiger charge is 2.31. The van der Waals surface area contributed by atoms with Gasteiger partial charge in [0.25, 0.3) is 0 Å². The molecular formula is C12H21N3S. The average Bonchev–Trinajstić information content (AvgIpc) is 2.78. The molecule has 0 amide bonds. The van der Waals surface area contributed by atoms with Gasteiger partial charge in [0.15, 0.2) is 0 Å². The fourth-order valence-electron chi connectivity index (χ4n) is 2.73. The van der Waals surface area contributed by atoms with E-state index in [4.69, 9.17) is 5.84 Å². The third kappa shape index (κ3) is 2.44. The lowest BCUT2D eigenvalue weighted by molar-refractivity contribution is 0.170. The van der Waals surface area contributed by atoms with E-state index < -0.39 is 0 Å². The van der Waals surface area contributed by atoms with E-state index in [9.17, 15) is 0 Å². The van der Waals surface area contributed by atoms with E-state index in [1.807, 2.05) is 5.51 Å². The largest absolute Gasteiger partial charge is 0.271 e. The van der Waals surface area contributed by atoms with E-state index in [1.54, 1.807) is 11.3 Å². The van der Waals surface area contributed by atoms with Crippen LogP contribution in [-0.2, 0) is 0 Å². The molecule has 90 valence electrons. The molecule has 1 aliphatic carbocycles. The van der Waals surface area contributed by atoms with Crippen LogP contribution < -0.4 is 11.3 Å². The van der Waals surface area contributed by atoms with Gasteiger partial charge in [0.05, 0.1) is 17.2 Å². The molecule has 0 spiro atoms. The highest BCUT2D eigenvalue weighted by molar-refractivity contribution is 7.07. The highest BCUT2D eigenvalue weighted by Crippen LogP contribution is 2.39. The number of hydrogen-bond donors (Lipinski definition) is 2. The van der Waals surface area contributed by atoms with Crippen molar-refractivity contribution in [1.29, 1.82) is 0 Å². The third-order valence-electron chi connectivity index (χ3n) is 4.06. The van der Waals surface area contributed by atoms with Crippen molar-refractivity contribution in [3.63, 3.8) is 0 Å². The fraction of sp³-hybridized carbons (Fsp3) is 0.750. The van der Waals surface area contributed by atoms with Crippen molar-refractivity contribution in [2.24, 2.45) is 23.6 Å². The van der Waals surface area contributed by atoms with E-state index >= 15 is 0 Å². The first-order chi connectivity index (χ1) is 7.72. The second kappa shape index (κ2) is 5.25. The van der Waals surface area contributed by atoms with E-state index in [1.165, 1.54) is 19.3 Å². The van der Waals surface area contributed by atoms with Crippen LogP contribution in [0.3, 0.4) is 0 Å². The summed E-state index contributed by atoms with van der Waals surface area (Å²) in [5, 5.41) is 2.10. The van der Waals surface area contributed by atoms with Crippen LogP contribution >= 0.6 is 11.3 Å². The maximum absolute atomic E-state index is 5.69. The van der Waals surface area contributed by atoms with Gasteiger partial charge in [-0.3, -0.25) is 11.3 Å². The zero-order valence-corrected chi connectivity index (χ0v) is 10.8. The molecule has 1 heterocycles. The molecular weight excluding hydrogens is 218 g/mol. The summed E-state index contributed by atoms with van der Waals surface area (Å²) in [4.78, 5) is 4.38. The average molecular weight is 239 g/mol. The van der Waals surface area contributed by atoms with Crippen LogP contribution in [0.15, 0.2) is 10.9 Å². The number of hydrazine groups is 1. The molecule has 1 aliphatic rings. The third-order valence-corrected chi connectivity index (χ3v) is 4.66. The quantitative estimate of drug-likeness (QED) is 0.630. The van der Waals surface area contributed by atoms with E-state index in [2.05, 4.69) is 29.6 Å². The Morgan fingerprint density at radius 2 is 2.25 bits per heavy atom. The van der Waals surface area contributed by atoms with Gasteiger partial charge in [0.2, 0.25) is 0 Å². The van der Waals surface area contributed by atoms with Gasteiger partial charge in [-0.2, -0.15) is 0 Å².